The molecule has 0 aromatic rings. The first-order valence-electron chi connectivity index (χ1n) is 1.24. The molecule has 1 radical (unpaired) electrons. The molecular weight excluding hydrogens is 76.3 g/mol. The van der Waals surface area contributed by atoms with Gasteiger partial charge in [-0.25, -0.2) is 0 Å². The fraction of sp³-hybridized carbons (Fsp3) is 0.667. The Kier molecular flexibility index (Phi) is 8.71. The van der Waals surface area contributed by atoms with Crippen molar-refractivity contribution in [2.75, 3.05) is 0 Å². The molecule has 1 atom stereocenters. The third-order valence-electron chi connectivity index (χ3n) is 0. The number of aliphatic hydroxyl groups excluding tert-OH is 1. The molecule has 0 saturated carbocycles. The van der Waals surface area contributed by atoms with Crippen LogP contribution in [0.15, 0.2) is 0 Å². The van der Waals surface area contributed by atoms with Crippen LogP contribution in [0.1, 0.15) is 6.92 Å². The van der Waals surface area contributed by atoms with Crippen LogP contribution >= 0.6 is 0 Å². The summed E-state index contributed by atoms with van der Waals surface area (Å²) < 4.78 is 0. The van der Waals surface area contributed by atoms with Gasteiger partial charge in [-0.15, -0.1) is 0 Å². The Labute approximate surface area is 48.5 Å². The Hall–Kier alpha value is 0.726. The van der Waals surface area contributed by atoms with E-state index in [1.807, 2.05) is 0 Å². The molecule has 0 saturated heterocycles. The summed E-state index contributed by atoms with van der Waals surface area (Å²) in [7, 11) is 0. The SMILES string of the molecule is [CH2]C(C)O.[MgH2]. The molecular formula is C3H9MgO. The maximum absolute atomic E-state index is 7.94. The molecule has 0 bridgehead atoms. The average molecular weight is 85.4 g/mol. The molecule has 0 aliphatic carbocycles. The zero-order valence-electron chi connectivity index (χ0n) is 2.73. The third-order valence-corrected chi connectivity index (χ3v) is 0. The maximum Gasteiger partial charge on any atom is 0.316 e. The molecule has 5 heavy (non-hydrogen) atoms. The Morgan fingerprint density at radius 2 is 1.80 bits per heavy atom. The first-order chi connectivity index (χ1) is 1.73. The summed E-state index contributed by atoms with van der Waals surface area (Å²) in [5.41, 5.74) is 0. The summed E-state index contributed by atoms with van der Waals surface area (Å²) >= 11 is 0. The van der Waals surface area contributed by atoms with Gasteiger partial charge in [0.1, 0.15) is 0 Å². The van der Waals surface area contributed by atoms with E-state index in [2.05, 4.69) is 6.92 Å². The molecule has 0 fully saturated rings. The number of hydrogen-bond donors (Lipinski definition) is 1. The van der Waals surface area contributed by atoms with Crippen molar-refractivity contribution in [1.29, 1.82) is 0 Å². The second kappa shape index (κ2) is 4.73. The zero-order chi connectivity index (χ0) is 3.58. The lowest BCUT2D eigenvalue weighted by Gasteiger charge is -1.79. The van der Waals surface area contributed by atoms with Crippen molar-refractivity contribution in [3.8, 4) is 0 Å². The van der Waals surface area contributed by atoms with Gasteiger partial charge < -0.3 is 5.11 Å². The van der Waals surface area contributed by atoms with Gasteiger partial charge in [0.2, 0.25) is 0 Å². The molecule has 0 aromatic carbocycles. The number of aliphatic hydroxyl groups is 1. The standard InChI is InChI=1S/C3H7O.Mg.2H/c1-3(2)4;;;/h3-4H,1H2,2H3;;;. The molecule has 1 N–H and O–H groups in total. The maximum atomic E-state index is 7.94. The highest BCUT2D eigenvalue weighted by molar-refractivity contribution is 5.75. The van der Waals surface area contributed by atoms with Crippen LogP contribution in [0.5, 0.6) is 0 Å². The van der Waals surface area contributed by atoms with Crippen molar-refractivity contribution in [2.45, 2.75) is 13.0 Å². The molecule has 0 aliphatic rings. The minimum Gasteiger partial charge on any atom is -0.393 e. The van der Waals surface area contributed by atoms with Crippen LogP contribution in [0.4, 0.5) is 0 Å². The van der Waals surface area contributed by atoms with Gasteiger partial charge in [0.25, 0.3) is 0 Å². The molecule has 1 unspecified atom stereocenters. The van der Waals surface area contributed by atoms with Gasteiger partial charge in [0, 0.05) is 0 Å². The molecule has 2 heteroatoms. The van der Waals surface area contributed by atoms with E-state index < -0.39 is 6.10 Å². The van der Waals surface area contributed by atoms with E-state index in [-0.39, 0.29) is 23.1 Å². The Bertz CT molecular complexity index is 11.6. The van der Waals surface area contributed by atoms with Crippen LogP contribution in [-0.2, 0) is 0 Å². The lowest BCUT2D eigenvalue weighted by molar-refractivity contribution is 0.241. The summed E-state index contributed by atoms with van der Waals surface area (Å²) in [5.74, 6) is 0. The largest absolute Gasteiger partial charge is 0.393 e. The van der Waals surface area contributed by atoms with Crippen LogP contribution in [0.25, 0.3) is 0 Å². The second-order valence-electron chi connectivity index (χ2n) is 0.849. The van der Waals surface area contributed by atoms with Crippen molar-refractivity contribution in [2.24, 2.45) is 0 Å². The van der Waals surface area contributed by atoms with E-state index >= 15 is 0 Å². The molecule has 0 amide bonds. The number of rotatable bonds is 0. The van der Waals surface area contributed by atoms with Crippen LogP contribution in [0.2, 0.25) is 0 Å². The summed E-state index contributed by atoms with van der Waals surface area (Å²) in [6.07, 6.45) is -0.417. The van der Waals surface area contributed by atoms with E-state index in [9.17, 15) is 0 Å². The van der Waals surface area contributed by atoms with Gasteiger partial charge in [0.15, 0.2) is 0 Å². The monoisotopic (exact) mass is 85.1 g/mol. The van der Waals surface area contributed by atoms with Gasteiger partial charge in [-0.1, -0.05) is 0 Å². The second-order valence-corrected chi connectivity index (χ2v) is 0.849. The smallest absolute Gasteiger partial charge is 0.316 e. The van der Waals surface area contributed by atoms with Crippen molar-refractivity contribution in [1.82, 2.24) is 0 Å². The highest BCUT2D eigenvalue weighted by atomic mass is 24.3. The zero-order valence-corrected chi connectivity index (χ0v) is 2.73. The van der Waals surface area contributed by atoms with Crippen LogP contribution < -0.4 is 0 Å². The van der Waals surface area contributed by atoms with Gasteiger partial charge in [0.05, 0.1) is 6.10 Å². The summed E-state index contributed by atoms with van der Waals surface area (Å²) in [6.45, 7) is 4.81. The summed E-state index contributed by atoms with van der Waals surface area (Å²) in [6, 6.07) is 0. The van der Waals surface area contributed by atoms with Crippen LogP contribution in [0.3, 0.4) is 0 Å². The quantitative estimate of drug-likeness (QED) is 0.385. The topological polar surface area (TPSA) is 20.2 Å². The molecule has 0 spiro atoms. The van der Waals surface area contributed by atoms with Crippen LogP contribution in [-0.4, -0.2) is 34.3 Å². The number of hydrogen-bond acceptors (Lipinski definition) is 1. The Morgan fingerprint density at radius 1 is 1.80 bits per heavy atom. The fourth-order valence-corrected chi connectivity index (χ4v) is 0. The Morgan fingerprint density at radius 3 is 1.80 bits per heavy atom. The van der Waals surface area contributed by atoms with Crippen molar-refractivity contribution in [3.05, 3.63) is 6.92 Å². The van der Waals surface area contributed by atoms with Gasteiger partial charge in [-0.2, -0.15) is 0 Å². The van der Waals surface area contributed by atoms with E-state index in [0.29, 0.717) is 0 Å². The molecule has 0 heterocycles. The fourth-order valence-electron chi connectivity index (χ4n) is 0. The van der Waals surface area contributed by atoms with Crippen molar-refractivity contribution < 1.29 is 5.11 Å². The van der Waals surface area contributed by atoms with Gasteiger partial charge in [-0.3, -0.25) is 0 Å². The van der Waals surface area contributed by atoms with Gasteiger partial charge in [-0.05, 0) is 13.8 Å². The van der Waals surface area contributed by atoms with E-state index in [1.54, 1.807) is 6.92 Å². The van der Waals surface area contributed by atoms with E-state index in [1.165, 1.54) is 0 Å². The van der Waals surface area contributed by atoms with Gasteiger partial charge >= 0.3 is 23.1 Å². The van der Waals surface area contributed by atoms with Crippen LogP contribution in [0, 0.1) is 6.92 Å². The summed E-state index contributed by atoms with van der Waals surface area (Å²) in [4.78, 5) is 0. The molecule has 1 nitrogen and oxygen atoms in total. The molecule has 0 aromatic heterocycles. The predicted octanol–water partition coefficient (Wildman–Crippen LogP) is -0.715. The molecule has 29 valence electrons. The first-order valence-corrected chi connectivity index (χ1v) is 1.24. The van der Waals surface area contributed by atoms with E-state index in [0.717, 1.165) is 0 Å². The first kappa shape index (κ1) is 9.21. The minimum absolute atomic E-state index is 0. The highest BCUT2D eigenvalue weighted by Crippen LogP contribution is 1.63. The predicted molar refractivity (Wildman–Crippen MR) is 25.6 cm³/mol. The minimum atomic E-state index is -0.417. The highest BCUT2D eigenvalue weighted by Gasteiger charge is 1.69. The van der Waals surface area contributed by atoms with Crippen molar-refractivity contribution >= 4 is 23.1 Å². The lowest BCUT2D eigenvalue weighted by atomic mass is 10.5. The average Bonchev–Trinajstić information content (AvgIpc) is 0.811. The molecule has 0 aliphatic heterocycles. The van der Waals surface area contributed by atoms with E-state index in [4.69, 9.17) is 5.11 Å². The Balaban J connectivity index is 0. The molecule has 0 rings (SSSR count). The van der Waals surface area contributed by atoms with Crippen molar-refractivity contribution in [3.63, 3.8) is 0 Å². The lowest BCUT2D eigenvalue weighted by Crippen LogP contribution is -1.86. The summed E-state index contributed by atoms with van der Waals surface area (Å²) in [5, 5.41) is 7.94. The third kappa shape index (κ3) is 66.6. The normalized spacial score (nSPS) is 7.20.